The van der Waals surface area contributed by atoms with Crippen LogP contribution in [0.4, 0.5) is 0 Å². The molecule has 4 rings (SSSR count). The van der Waals surface area contributed by atoms with Crippen molar-refractivity contribution in [2.75, 3.05) is 39.3 Å². The Hall–Kier alpha value is -1.48. The Morgan fingerprint density at radius 1 is 1.00 bits per heavy atom. The zero-order valence-corrected chi connectivity index (χ0v) is 20.2. The van der Waals surface area contributed by atoms with Crippen LogP contribution in [0.25, 0.3) is 0 Å². The summed E-state index contributed by atoms with van der Waals surface area (Å²) < 4.78 is 32.8. The molecule has 178 valence electrons. The van der Waals surface area contributed by atoms with Crippen molar-refractivity contribution in [3.8, 4) is 0 Å². The first kappa shape index (κ1) is 23.7. The third-order valence-corrected chi connectivity index (χ3v) is 8.83. The summed E-state index contributed by atoms with van der Waals surface area (Å²) in [5.74, 6) is 0.204. The van der Waals surface area contributed by atoms with Crippen molar-refractivity contribution in [1.82, 2.24) is 14.1 Å². The molecular weight excluding hydrogens is 426 g/mol. The normalized spacial score (nSPS) is 27.8. The van der Waals surface area contributed by atoms with Gasteiger partial charge in [0.05, 0.1) is 17.1 Å². The maximum absolute atomic E-state index is 13.0. The molecule has 1 aromatic rings. The van der Waals surface area contributed by atoms with E-state index in [2.05, 4.69) is 23.6 Å². The zero-order chi connectivity index (χ0) is 22.7. The Kier molecular flexibility index (Phi) is 7.54. The number of morpholine rings is 1. The molecule has 0 saturated carbocycles. The van der Waals surface area contributed by atoms with Crippen LogP contribution in [0, 0.1) is 0 Å². The van der Waals surface area contributed by atoms with Crippen molar-refractivity contribution in [3.63, 3.8) is 0 Å². The van der Waals surface area contributed by atoms with Gasteiger partial charge in [0.1, 0.15) is 0 Å². The van der Waals surface area contributed by atoms with Gasteiger partial charge < -0.3 is 9.64 Å². The summed E-state index contributed by atoms with van der Waals surface area (Å²) in [6.45, 7) is 9.06. The molecule has 1 aromatic carbocycles. The van der Waals surface area contributed by atoms with Crippen LogP contribution in [0.2, 0.25) is 0 Å². The second-order valence-electron chi connectivity index (χ2n) is 9.61. The molecule has 3 aliphatic heterocycles. The van der Waals surface area contributed by atoms with Crippen LogP contribution in [-0.4, -0.2) is 85.9 Å². The lowest BCUT2D eigenvalue weighted by molar-refractivity contribution is -0.133. The van der Waals surface area contributed by atoms with Gasteiger partial charge in [-0.2, -0.15) is 4.31 Å². The van der Waals surface area contributed by atoms with E-state index in [0.717, 1.165) is 57.4 Å². The van der Waals surface area contributed by atoms with Gasteiger partial charge in [-0.1, -0.05) is 12.1 Å². The van der Waals surface area contributed by atoms with Gasteiger partial charge in [-0.15, -0.1) is 0 Å². The first-order valence-electron chi connectivity index (χ1n) is 12.1. The van der Waals surface area contributed by atoms with Crippen LogP contribution in [0.3, 0.4) is 0 Å². The van der Waals surface area contributed by atoms with Gasteiger partial charge in [0.2, 0.25) is 15.9 Å². The van der Waals surface area contributed by atoms with Gasteiger partial charge in [-0.25, -0.2) is 8.42 Å². The number of carbonyl (C=O) groups excluding carboxylic acids is 1. The number of hydrogen-bond acceptors (Lipinski definition) is 5. The number of benzene rings is 1. The molecule has 0 spiro atoms. The molecule has 3 atom stereocenters. The highest BCUT2D eigenvalue weighted by Crippen LogP contribution is 2.23. The highest BCUT2D eigenvalue weighted by Gasteiger charge is 2.32. The maximum atomic E-state index is 13.0. The molecule has 3 unspecified atom stereocenters. The minimum absolute atomic E-state index is 0.204. The first-order chi connectivity index (χ1) is 15.3. The van der Waals surface area contributed by atoms with Gasteiger partial charge >= 0.3 is 0 Å². The SMILES string of the molecule is CC1CN(CC2CCCN2C(=O)CCc2ccc(S(=O)(=O)N3CCCC3)cc2)CC(C)O1. The van der Waals surface area contributed by atoms with E-state index in [9.17, 15) is 13.2 Å². The minimum Gasteiger partial charge on any atom is -0.373 e. The lowest BCUT2D eigenvalue weighted by atomic mass is 10.1. The molecular formula is C24H37N3O4S. The fourth-order valence-corrected chi connectivity index (χ4v) is 6.90. The van der Waals surface area contributed by atoms with Crippen LogP contribution in [0.1, 0.15) is 51.5 Å². The van der Waals surface area contributed by atoms with Crippen LogP contribution in [0.5, 0.6) is 0 Å². The molecule has 0 radical (unpaired) electrons. The molecule has 32 heavy (non-hydrogen) atoms. The van der Waals surface area contributed by atoms with Gasteiger partial charge in [0, 0.05) is 51.7 Å². The first-order valence-corrected chi connectivity index (χ1v) is 13.5. The predicted octanol–water partition coefficient (Wildman–Crippen LogP) is 2.50. The average molecular weight is 464 g/mol. The van der Waals surface area contributed by atoms with Crippen molar-refractivity contribution < 1.29 is 17.9 Å². The molecule has 8 heteroatoms. The maximum Gasteiger partial charge on any atom is 0.243 e. The fourth-order valence-electron chi connectivity index (χ4n) is 5.39. The number of nitrogens with zero attached hydrogens (tertiary/aromatic N) is 3. The van der Waals surface area contributed by atoms with Crippen molar-refractivity contribution in [2.24, 2.45) is 0 Å². The number of ether oxygens (including phenoxy) is 1. The fraction of sp³-hybridized carbons (Fsp3) is 0.708. The van der Waals surface area contributed by atoms with Crippen molar-refractivity contribution >= 4 is 15.9 Å². The van der Waals surface area contributed by atoms with Gasteiger partial charge in [-0.05, 0) is 63.6 Å². The summed E-state index contributed by atoms with van der Waals surface area (Å²) in [5, 5.41) is 0. The topological polar surface area (TPSA) is 70.2 Å². The largest absolute Gasteiger partial charge is 0.373 e. The molecule has 3 saturated heterocycles. The Balaban J connectivity index is 1.30. The van der Waals surface area contributed by atoms with E-state index in [1.807, 2.05) is 12.1 Å². The van der Waals surface area contributed by atoms with Crippen LogP contribution in [-0.2, 0) is 26.0 Å². The molecule has 0 aromatic heterocycles. The van der Waals surface area contributed by atoms with Crippen LogP contribution < -0.4 is 0 Å². The lowest BCUT2D eigenvalue weighted by Crippen LogP contribution is -2.50. The summed E-state index contributed by atoms with van der Waals surface area (Å²) in [6, 6.07) is 7.37. The minimum atomic E-state index is -3.38. The molecule has 3 heterocycles. The number of sulfonamides is 1. The van der Waals surface area contributed by atoms with Crippen LogP contribution >= 0.6 is 0 Å². The Labute approximate surface area is 192 Å². The van der Waals surface area contributed by atoms with E-state index in [-0.39, 0.29) is 24.2 Å². The number of hydrogen-bond donors (Lipinski definition) is 0. The van der Waals surface area contributed by atoms with Crippen LogP contribution in [0.15, 0.2) is 29.2 Å². The number of aryl methyl sites for hydroxylation is 1. The van der Waals surface area contributed by atoms with Crippen molar-refractivity contribution in [2.45, 2.75) is 75.5 Å². The predicted molar refractivity (Wildman–Crippen MR) is 124 cm³/mol. The second-order valence-corrected chi connectivity index (χ2v) is 11.6. The summed E-state index contributed by atoms with van der Waals surface area (Å²) in [6.07, 6.45) is 5.57. The summed E-state index contributed by atoms with van der Waals surface area (Å²) in [5.41, 5.74) is 1.00. The zero-order valence-electron chi connectivity index (χ0n) is 19.4. The van der Waals surface area contributed by atoms with Gasteiger partial charge in [0.15, 0.2) is 0 Å². The Morgan fingerprint density at radius 2 is 1.66 bits per heavy atom. The quantitative estimate of drug-likeness (QED) is 0.621. The third-order valence-electron chi connectivity index (χ3n) is 6.92. The van der Waals surface area contributed by atoms with Gasteiger partial charge in [-0.3, -0.25) is 9.69 Å². The highest BCUT2D eigenvalue weighted by atomic mass is 32.2. The highest BCUT2D eigenvalue weighted by molar-refractivity contribution is 7.89. The van der Waals surface area contributed by atoms with E-state index < -0.39 is 10.0 Å². The third kappa shape index (κ3) is 5.53. The van der Waals surface area contributed by atoms with E-state index >= 15 is 0 Å². The number of likely N-dealkylation sites (tertiary alicyclic amines) is 1. The van der Waals surface area contributed by atoms with E-state index in [4.69, 9.17) is 4.74 Å². The number of amides is 1. The molecule has 3 fully saturated rings. The van der Waals surface area contributed by atoms with Gasteiger partial charge in [0.25, 0.3) is 0 Å². The Bertz CT molecular complexity index is 873. The molecule has 0 N–H and O–H groups in total. The van der Waals surface area contributed by atoms with E-state index in [1.54, 1.807) is 16.4 Å². The average Bonchev–Trinajstić information content (AvgIpc) is 3.44. The number of rotatable bonds is 7. The summed E-state index contributed by atoms with van der Waals surface area (Å²) in [7, 11) is -3.38. The Morgan fingerprint density at radius 3 is 2.31 bits per heavy atom. The molecule has 1 amide bonds. The molecule has 0 bridgehead atoms. The lowest BCUT2D eigenvalue weighted by Gasteiger charge is -2.38. The number of carbonyl (C=O) groups is 1. The van der Waals surface area contributed by atoms with E-state index in [1.165, 1.54) is 0 Å². The summed E-state index contributed by atoms with van der Waals surface area (Å²) >= 11 is 0. The van der Waals surface area contributed by atoms with Crippen molar-refractivity contribution in [3.05, 3.63) is 29.8 Å². The smallest absolute Gasteiger partial charge is 0.243 e. The van der Waals surface area contributed by atoms with E-state index in [0.29, 0.717) is 30.8 Å². The van der Waals surface area contributed by atoms with Crippen molar-refractivity contribution in [1.29, 1.82) is 0 Å². The second kappa shape index (κ2) is 10.2. The summed E-state index contributed by atoms with van der Waals surface area (Å²) in [4.78, 5) is 17.8. The standard InChI is InChI=1S/C24H37N3O4S/c1-19-16-25(17-20(2)31-19)18-22-6-5-15-27(22)24(28)12-9-21-7-10-23(11-8-21)32(29,30)26-13-3-4-14-26/h7-8,10-11,19-20,22H,3-6,9,12-18H2,1-2H3. The monoisotopic (exact) mass is 463 g/mol. The molecule has 0 aliphatic carbocycles. The molecule has 3 aliphatic rings. The molecule has 7 nitrogen and oxygen atoms in total.